The van der Waals surface area contributed by atoms with Crippen LogP contribution in [0, 0.1) is 5.82 Å². The molecule has 0 amide bonds. The molecule has 12 heteroatoms. The normalized spacial score (nSPS) is 11.6. The van der Waals surface area contributed by atoms with E-state index < -0.39 is 12.6 Å². The van der Waals surface area contributed by atoms with E-state index in [0.29, 0.717) is 34.2 Å². The second kappa shape index (κ2) is 9.39. The molecule has 0 fully saturated rings. The average molecular weight is 464 g/mol. The molecule has 166 valence electrons. The number of halogens is 4. The number of aromatic nitrogens is 5. The SMILES string of the molecule is Fc1ccccc1Cn1nc(-c2ncc(NSCCC(F)(F)F)cn2)cc1-c1ccon1. The lowest BCUT2D eigenvalue weighted by atomic mass is 10.2. The van der Waals surface area contributed by atoms with Crippen molar-refractivity contribution in [1.29, 1.82) is 0 Å². The van der Waals surface area contributed by atoms with E-state index in [2.05, 4.69) is 24.9 Å². The fraction of sp³-hybridized carbons (Fsp3) is 0.200. The maximum Gasteiger partial charge on any atom is 0.389 e. The molecule has 0 spiro atoms. The van der Waals surface area contributed by atoms with E-state index >= 15 is 0 Å². The Labute approximate surface area is 184 Å². The molecule has 0 saturated carbocycles. The van der Waals surface area contributed by atoms with Crippen molar-refractivity contribution in [3.05, 3.63) is 66.4 Å². The van der Waals surface area contributed by atoms with Crippen molar-refractivity contribution >= 4 is 17.6 Å². The Bertz CT molecular complexity index is 1160. The molecular weight excluding hydrogens is 448 g/mol. The van der Waals surface area contributed by atoms with Gasteiger partial charge in [0.25, 0.3) is 0 Å². The van der Waals surface area contributed by atoms with E-state index in [0.717, 1.165) is 11.9 Å². The van der Waals surface area contributed by atoms with Gasteiger partial charge in [0.15, 0.2) is 5.82 Å². The first-order valence-corrected chi connectivity index (χ1v) is 10.4. The molecule has 0 unspecified atom stereocenters. The molecule has 3 heterocycles. The lowest BCUT2D eigenvalue weighted by Gasteiger charge is -2.07. The van der Waals surface area contributed by atoms with Crippen molar-refractivity contribution in [2.45, 2.75) is 19.1 Å². The molecule has 1 aromatic carbocycles. The maximum atomic E-state index is 14.1. The molecule has 0 radical (unpaired) electrons. The summed E-state index contributed by atoms with van der Waals surface area (Å²) in [6.45, 7) is 0.157. The fourth-order valence-electron chi connectivity index (χ4n) is 2.80. The van der Waals surface area contributed by atoms with Gasteiger partial charge >= 0.3 is 6.18 Å². The van der Waals surface area contributed by atoms with Gasteiger partial charge in [-0.1, -0.05) is 35.3 Å². The maximum absolute atomic E-state index is 14.1. The largest absolute Gasteiger partial charge is 0.389 e. The van der Waals surface area contributed by atoms with E-state index in [-0.39, 0.29) is 18.1 Å². The lowest BCUT2D eigenvalue weighted by molar-refractivity contribution is -0.129. The van der Waals surface area contributed by atoms with E-state index in [1.54, 1.807) is 35.0 Å². The van der Waals surface area contributed by atoms with Gasteiger partial charge in [-0.15, -0.1) is 0 Å². The molecule has 0 atom stereocenters. The van der Waals surface area contributed by atoms with E-state index in [4.69, 9.17) is 4.52 Å². The third-order valence-corrected chi connectivity index (χ3v) is 5.11. The van der Waals surface area contributed by atoms with Crippen molar-refractivity contribution < 1.29 is 22.1 Å². The van der Waals surface area contributed by atoms with Crippen LogP contribution in [0.4, 0.5) is 23.2 Å². The summed E-state index contributed by atoms with van der Waals surface area (Å²) in [5.74, 6) is -0.189. The van der Waals surface area contributed by atoms with E-state index in [9.17, 15) is 17.6 Å². The Balaban J connectivity index is 1.53. The second-order valence-electron chi connectivity index (χ2n) is 6.66. The van der Waals surface area contributed by atoms with Gasteiger partial charge in [0.1, 0.15) is 23.5 Å². The summed E-state index contributed by atoms with van der Waals surface area (Å²) in [7, 11) is 0. The first-order chi connectivity index (χ1) is 15.4. The van der Waals surface area contributed by atoms with Crippen LogP contribution in [0.1, 0.15) is 12.0 Å². The van der Waals surface area contributed by atoms with Crippen LogP contribution in [-0.2, 0) is 6.54 Å². The highest BCUT2D eigenvalue weighted by Gasteiger charge is 2.26. The van der Waals surface area contributed by atoms with Crippen molar-refractivity contribution in [2.24, 2.45) is 0 Å². The van der Waals surface area contributed by atoms with Gasteiger partial charge in [0, 0.05) is 17.4 Å². The Morgan fingerprint density at radius 2 is 1.84 bits per heavy atom. The predicted octanol–water partition coefficient (Wildman–Crippen LogP) is 5.20. The van der Waals surface area contributed by atoms with Gasteiger partial charge in [0.2, 0.25) is 0 Å². The molecule has 32 heavy (non-hydrogen) atoms. The average Bonchev–Trinajstić information content (AvgIpc) is 3.43. The van der Waals surface area contributed by atoms with Crippen molar-refractivity contribution in [1.82, 2.24) is 24.9 Å². The van der Waals surface area contributed by atoms with Crippen molar-refractivity contribution in [2.75, 3.05) is 10.5 Å². The predicted molar refractivity (Wildman–Crippen MR) is 111 cm³/mol. The van der Waals surface area contributed by atoms with Gasteiger partial charge in [0.05, 0.1) is 36.7 Å². The minimum absolute atomic E-state index is 0.132. The minimum atomic E-state index is -4.20. The summed E-state index contributed by atoms with van der Waals surface area (Å²) in [5.41, 5.74) is 2.44. The zero-order valence-electron chi connectivity index (χ0n) is 16.4. The Morgan fingerprint density at radius 3 is 2.53 bits per heavy atom. The monoisotopic (exact) mass is 464 g/mol. The summed E-state index contributed by atoms with van der Waals surface area (Å²) in [4.78, 5) is 8.47. The number of hydrogen-bond donors (Lipinski definition) is 1. The van der Waals surface area contributed by atoms with Crippen LogP contribution in [-0.4, -0.2) is 36.8 Å². The number of hydrogen-bond acceptors (Lipinski definition) is 7. The van der Waals surface area contributed by atoms with Crippen molar-refractivity contribution in [3.8, 4) is 22.9 Å². The van der Waals surface area contributed by atoms with Gasteiger partial charge in [-0.05, 0) is 12.1 Å². The summed E-state index contributed by atoms with van der Waals surface area (Å²) in [6, 6.07) is 9.74. The second-order valence-corrected chi connectivity index (χ2v) is 7.56. The zero-order chi connectivity index (χ0) is 22.6. The van der Waals surface area contributed by atoms with Gasteiger partial charge in [-0.3, -0.25) is 4.68 Å². The van der Waals surface area contributed by atoms with Crippen molar-refractivity contribution in [3.63, 3.8) is 0 Å². The summed E-state index contributed by atoms with van der Waals surface area (Å²) in [5, 5.41) is 8.43. The number of alkyl halides is 3. The number of rotatable bonds is 8. The topological polar surface area (TPSA) is 81.7 Å². The van der Waals surface area contributed by atoms with Gasteiger partial charge < -0.3 is 9.25 Å². The fourth-order valence-corrected chi connectivity index (χ4v) is 3.51. The molecule has 4 rings (SSSR count). The molecule has 1 N–H and O–H groups in total. The summed E-state index contributed by atoms with van der Waals surface area (Å²) in [6.07, 6.45) is -0.766. The van der Waals surface area contributed by atoms with Crippen LogP contribution in [0.5, 0.6) is 0 Å². The summed E-state index contributed by atoms with van der Waals surface area (Å²) >= 11 is 0.918. The summed E-state index contributed by atoms with van der Waals surface area (Å²) < 4.78 is 60.1. The van der Waals surface area contributed by atoms with Crippen LogP contribution in [0.15, 0.2) is 59.6 Å². The number of nitrogens with one attached hydrogen (secondary N) is 1. The Hall–Kier alpha value is -3.41. The molecule has 0 aliphatic rings. The Morgan fingerprint density at radius 1 is 1.06 bits per heavy atom. The highest BCUT2D eigenvalue weighted by Crippen LogP contribution is 2.26. The molecule has 0 aliphatic heterocycles. The van der Waals surface area contributed by atoms with Crippen LogP contribution >= 0.6 is 11.9 Å². The first kappa shape index (κ1) is 21.8. The van der Waals surface area contributed by atoms with Gasteiger partial charge in [-0.25, -0.2) is 14.4 Å². The first-order valence-electron chi connectivity index (χ1n) is 9.38. The van der Waals surface area contributed by atoms with Crippen LogP contribution in [0.3, 0.4) is 0 Å². The third kappa shape index (κ3) is 5.44. The Kier molecular flexibility index (Phi) is 6.40. The van der Waals surface area contributed by atoms with Crippen LogP contribution < -0.4 is 4.72 Å². The third-order valence-electron chi connectivity index (χ3n) is 4.32. The highest BCUT2D eigenvalue weighted by molar-refractivity contribution is 8.00. The molecular formula is C20H16F4N6OS. The molecule has 4 aromatic rings. The van der Waals surface area contributed by atoms with Crippen LogP contribution in [0.25, 0.3) is 22.9 Å². The standard InChI is InChI=1S/C20H16F4N6OS/c21-15-4-2-1-3-13(15)12-30-18(16-5-7-31-28-16)9-17(27-30)19-25-10-14(11-26-19)29-32-8-6-20(22,23)24/h1-5,7,9-11,29H,6,8,12H2. The molecule has 0 saturated heterocycles. The molecule has 3 aromatic heterocycles. The number of benzene rings is 1. The van der Waals surface area contributed by atoms with Crippen LogP contribution in [0.2, 0.25) is 0 Å². The highest BCUT2D eigenvalue weighted by atomic mass is 32.2. The lowest BCUT2D eigenvalue weighted by Crippen LogP contribution is -2.09. The number of anilines is 1. The van der Waals surface area contributed by atoms with E-state index in [1.807, 2.05) is 0 Å². The molecule has 0 aliphatic carbocycles. The van der Waals surface area contributed by atoms with E-state index in [1.165, 1.54) is 24.7 Å². The smallest absolute Gasteiger partial charge is 0.364 e. The zero-order valence-corrected chi connectivity index (χ0v) is 17.2. The minimum Gasteiger partial charge on any atom is -0.364 e. The quantitative estimate of drug-likeness (QED) is 0.218. The number of nitrogens with zero attached hydrogens (tertiary/aromatic N) is 5. The molecule has 0 bridgehead atoms. The molecule has 7 nitrogen and oxygen atoms in total. The van der Waals surface area contributed by atoms with Gasteiger partial charge in [-0.2, -0.15) is 18.3 Å².